The van der Waals surface area contributed by atoms with E-state index >= 15 is 0 Å². The zero-order valence-corrected chi connectivity index (χ0v) is 9.01. The van der Waals surface area contributed by atoms with Gasteiger partial charge in [0.05, 0.1) is 0 Å². The van der Waals surface area contributed by atoms with Gasteiger partial charge < -0.3 is 5.32 Å². The third-order valence-corrected chi connectivity index (χ3v) is 4.08. The van der Waals surface area contributed by atoms with Crippen molar-refractivity contribution in [3.05, 3.63) is 34.3 Å². The van der Waals surface area contributed by atoms with Gasteiger partial charge in [-0.1, -0.05) is 24.6 Å². The van der Waals surface area contributed by atoms with Crippen LogP contribution in [0.4, 0.5) is 0 Å². The lowest BCUT2D eigenvalue weighted by Crippen LogP contribution is -2.12. The first-order chi connectivity index (χ1) is 6.77. The largest absolute Gasteiger partial charge is 0.316 e. The van der Waals surface area contributed by atoms with Crippen LogP contribution in [0.2, 0.25) is 5.02 Å². The molecule has 3 unspecified atom stereocenters. The second-order valence-electron chi connectivity index (χ2n) is 4.49. The maximum atomic E-state index is 6.03. The fourth-order valence-corrected chi connectivity index (χ4v) is 3.25. The van der Waals surface area contributed by atoms with Crippen molar-refractivity contribution in [1.82, 2.24) is 5.32 Å². The molecular formula is C12H14ClN. The average Bonchev–Trinajstić information content (AvgIpc) is 2.72. The van der Waals surface area contributed by atoms with Gasteiger partial charge in [-0.15, -0.1) is 0 Å². The molecule has 1 fully saturated rings. The van der Waals surface area contributed by atoms with E-state index in [2.05, 4.69) is 24.4 Å². The number of benzene rings is 1. The molecule has 0 aromatic heterocycles. The highest BCUT2D eigenvalue weighted by Crippen LogP contribution is 2.48. The van der Waals surface area contributed by atoms with E-state index in [0.29, 0.717) is 5.92 Å². The fraction of sp³-hybridized carbons (Fsp3) is 0.500. The standard InChI is InChI=1S/C12H14ClN/c1-7-10-4-8(13)2-3-9(10)12-6-14-5-11(7)12/h2-4,7,11-12,14H,5-6H2,1H3. The van der Waals surface area contributed by atoms with Gasteiger partial charge >= 0.3 is 0 Å². The number of fused-ring (bicyclic) bond motifs is 3. The van der Waals surface area contributed by atoms with Gasteiger partial charge in [-0.2, -0.15) is 0 Å². The van der Waals surface area contributed by atoms with Gasteiger partial charge in [-0.25, -0.2) is 0 Å². The molecule has 1 aromatic rings. The second kappa shape index (κ2) is 2.98. The Morgan fingerprint density at radius 2 is 2.14 bits per heavy atom. The highest BCUT2D eigenvalue weighted by atomic mass is 35.5. The van der Waals surface area contributed by atoms with E-state index in [1.165, 1.54) is 11.1 Å². The van der Waals surface area contributed by atoms with Crippen molar-refractivity contribution in [2.75, 3.05) is 13.1 Å². The van der Waals surface area contributed by atoms with Crippen LogP contribution < -0.4 is 5.32 Å². The summed E-state index contributed by atoms with van der Waals surface area (Å²) in [5, 5.41) is 4.36. The summed E-state index contributed by atoms with van der Waals surface area (Å²) < 4.78 is 0. The number of rotatable bonds is 0. The normalized spacial score (nSPS) is 34.3. The Morgan fingerprint density at radius 3 is 3.00 bits per heavy atom. The number of hydrogen-bond acceptors (Lipinski definition) is 1. The maximum absolute atomic E-state index is 6.03. The summed E-state index contributed by atoms with van der Waals surface area (Å²) >= 11 is 6.03. The SMILES string of the molecule is CC1c2cc(Cl)ccc2C2CNCC12. The smallest absolute Gasteiger partial charge is 0.0409 e. The lowest BCUT2D eigenvalue weighted by atomic mass is 9.91. The highest BCUT2D eigenvalue weighted by Gasteiger charge is 2.40. The molecule has 1 saturated heterocycles. The molecule has 0 bridgehead atoms. The molecular weight excluding hydrogens is 194 g/mol. The van der Waals surface area contributed by atoms with Crippen LogP contribution in [-0.4, -0.2) is 13.1 Å². The molecule has 1 heterocycles. The van der Waals surface area contributed by atoms with E-state index < -0.39 is 0 Å². The molecule has 3 atom stereocenters. The van der Waals surface area contributed by atoms with Crippen LogP contribution in [0, 0.1) is 5.92 Å². The quantitative estimate of drug-likeness (QED) is 0.690. The molecule has 1 nitrogen and oxygen atoms in total. The van der Waals surface area contributed by atoms with Crippen molar-refractivity contribution < 1.29 is 0 Å². The van der Waals surface area contributed by atoms with Gasteiger partial charge in [-0.3, -0.25) is 0 Å². The van der Waals surface area contributed by atoms with E-state index in [4.69, 9.17) is 11.6 Å². The summed E-state index contributed by atoms with van der Waals surface area (Å²) in [7, 11) is 0. The van der Waals surface area contributed by atoms with Crippen LogP contribution in [0.15, 0.2) is 18.2 Å². The Labute approximate surface area is 89.5 Å². The third-order valence-electron chi connectivity index (χ3n) is 3.84. The van der Waals surface area contributed by atoms with Crippen molar-refractivity contribution in [3.8, 4) is 0 Å². The molecule has 0 saturated carbocycles. The zero-order chi connectivity index (χ0) is 9.71. The minimum atomic E-state index is 0.670. The van der Waals surface area contributed by atoms with Crippen molar-refractivity contribution in [2.45, 2.75) is 18.8 Å². The Balaban J connectivity index is 2.13. The summed E-state index contributed by atoms with van der Waals surface area (Å²) in [5.41, 5.74) is 3.01. The molecule has 3 rings (SSSR count). The zero-order valence-electron chi connectivity index (χ0n) is 8.26. The molecule has 2 heteroatoms. The number of halogens is 1. The van der Waals surface area contributed by atoms with Gasteiger partial charge in [0.1, 0.15) is 0 Å². The summed E-state index contributed by atoms with van der Waals surface area (Å²) in [6.07, 6.45) is 0. The van der Waals surface area contributed by atoms with E-state index in [1.807, 2.05) is 6.07 Å². The molecule has 1 aromatic carbocycles. The van der Waals surface area contributed by atoms with Gasteiger partial charge in [0.15, 0.2) is 0 Å². The van der Waals surface area contributed by atoms with E-state index in [0.717, 1.165) is 29.9 Å². The minimum absolute atomic E-state index is 0.670. The minimum Gasteiger partial charge on any atom is -0.316 e. The first-order valence-corrected chi connectivity index (χ1v) is 5.65. The first kappa shape index (κ1) is 8.75. The predicted octanol–water partition coefficient (Wildman–Crippen LogP) is 2.76. The van der Waals surface area contributed by atoms with Gasteiger partial charge in [0.25, 0.3) is 0 Å². The molecule has 0 amide bonds. The molecule has 0 radical (unpaired) electrons. The van der Waals surface area contributed by atoms with Crippen molar-refractivity contribution in [2.24, 2.45) is 5.92 Å². The Morgan fingerprint density at radius 1 is 1.29 bits per heavy atom. The summed E-state index contributed by atoms with van der Waals surface area (Å²) in [6.45, 7) is 4.63. The van der Waals surface area contributed by atoms with Crippen LogP contribution >= 0.6 is 11.6 Å². The molecule has 1 N–H and O–H groups in total. The lowest BCUT2D eigenvalue weighted by Gasteiger charge is -2.12. The van der Waals surface area contributed by atoms with Gasteiger partial charge in [0, 0.05) is 17.5 Å². The Kier molecular flexibility index (Phi) is 1.86. The average molecular weight is 208 g/mol. The topological polar surface area (TPSA) is 12.0 Å². The van der Waals surface area contributed by atoms with Crippen LogP contribution in [0.3, 0.4) is 0 Å². The third kappa shape index (κ3) is 1.06. The summed E-state index contributed by atoms with van der Waals surface area (Å²) in [5.74, 6) is 2.20. The van der Waals surface area contributed by atoms with Gasteiger partial charge in [-0.05, 0) is 41.6 Å². The van der Waals surface area contributed by atoms with Crippen LogP contribution in [-0.2, 0) is 0 Å². The van der Waals surface area contributed by atoms with Crippen LogP contribution in [0.25, 0.3) is 0 Å². The number of hydrogen-bond donors (Lipinski definition) is 1. The van der Waals surface area contributed by atoms with Crippen LogP contribution in [0.5, 0.6) is 0 Å². The molecule has 0 spiro atoms. The first-order valence-electron chi connectivity index (χ1n) is 5.27. The van der Waals surface area contributed by atoms with E-state index in [-0.39, 0.29) is 0 Å². The predicted molar refractivity (Wildman–Crippen MR) is 59.0 cm³/mol. The summed E-state index contributed by atoms with van der Waals surface area (Å²) in [6, 6.07) is 6.39. The molecule has 1 aliphatic carbocycles. The van der Waals surface area contributed by atoms with Crippen LogP contribution in [0.1, 0.15) is 29.9 Å². The fourth-order valence-electron chi connectivity index (χ4n) is 3.07. The highest BCUT2D eigenvalue weighted by molar-refractivity contribution is 6.30. The molecule has 2 aliphatic rings. The van der Waals surface area contributed by atoms with Gasteiger partial charge in [0.2, 0.25) is 0 Å². The van der Waals surface area contributed by atoms with E-state index in [9.17, 15) is 0 Å². The van der Waals surface area contributed by atoms with Crippen molar-refractivity contribution >= 4 is 11.6 Å². The molecule has 14 heavy (non-hydrogen) atoms. The Bertz CT molecular complexity index is 375. The van der Waals surface area contributed by atoms with E-state index in [1.54, 1.807) is 0 Å². The molecule has 74 valence electrons. The lowest BCUT2D eigenvalue weighted by molar-refractivity contribution is 0.487. The monoisotopic (exact) mass is 207 g/mol. The second-order valence-corrected chi connectivity index (χ2v) is 4.93. The van der Waals surface area contributed by atoms with Crippen molar-refractivity contribution in [3.63, 3.8) is 0 Å². The van der Waals surface area contributed by atoms with Crippen molar-refractivity contribution in [1.29, 1.82) is 0 Å². The number of nitrogens with one attached hydrogen (secondary N) is 1. The summed E-state index contributed by atoms with van der Waals surface area (Å²) in [4.78, 5) is 0. The Hall–Kier alpha value is -0.530. The maximum Gasteiger partial charge on any atom is 0.0409 e. The molecule has 1 aliphatic heterocycles.